The van der Waals surface area contributed by atoms with Crippen molar-refractivity contribution in [2.75, 3.05) is 6.54 Å². The van der Waals surface area contributed by atoms with Gasteiger partial charge >= 0.3 is 12.1 Å². The van der Waals surface area contributed by atoms with Gasteiger partial charge in [0.05, 0.1) is 41.4 Å². The minimum absolute atomic E-state index is 0.0424. The SMILES string of the molecule is O=C(On1ncc2c1c1cc(F)ccc1n2-c1cnn2c1CNCC2)C(F)(F)F. The Bertz CT molecular complexity index is 1270. The molecular weight excluding hydrogens is 396 g/mol. The summed E-state index contributed by atoms with van der Waals surface area (Å²) in [4.78, 5) is 16.2. The number of hydrogen-bond acceptors (Lipinski definition) is 5. The van der Waals surface area contributed by atoms with Crippen molar-refractivity contribution in [1.29, 1.82) is 0 Å². The van der Waals surface area contributed by atoms with E-state index in [1.807, 2.05) is 4.68 Å². The lowest BCUT2D eigenvalue weighted by molar-refractivity contribution is -0.200. The second-order valence-electron chi connectivity index (χ2n) is 6.50. The fourth-order valence-corrected chi connectivity index (χ4v) is 3.56. The molecule has 29 heavy (non-hydrogen) atoms. The fourth-order valence-electron chi connectivity index (χ4n) is 3.56. The molecule has 1 aromatic carbocycles. The first-order valence-electron chi connectivity index (χ1n) is 8.57. The standard InChI is InChI=1S/C17H12F4N6O2/c18-9-1-2-11-10(5-9)15-14(8-24-27(15)29-16(28)17(19,20)21)26(11)13-7-23-25-4-3-22-6-12(13)25/h1-2,5,7-8,22H,3-4,6H2. The summed E-state index contributed by atoms with van der Waals surface area (Å²) in [6, 6.07) is 3.90. The molecule has 8 nitrogen and oxygen atoms in total. The zero-order valence-electron chi connectivity index (χ0n) is 14.6. The van der Waals surface area contributed by atoms with Gasteiger partial charge in [-0.3, -0.25) is 4.68 Å². The van der Waals surface area contributed by atoms with Crippen LogP contribution >= 0.6 is 0 Å². The second-order valence-corrected chi connectivity index (χ2v) is 6.50. The lowest BCUT2D eigenvalue weighted by Crippen LogP contribution is -2.33. The largest absolute Gasteiger partial charge is 0.493 e. The van der Waals surface area contributed by atoms with Gasteiger partial charge in [0.25, 0.3) is 0 Å². The van der Waals surface area contributed by atoms with Crippen LogP contribution in [0.5, 0.6) is 0 Å². The topological polar surface area (TPSA) is 78.9 Å². The van der Waals surface area contributed by atoms with Crippen LogP contribution in [0.4, 0.5) is 17.6 Å². The monoisotopic (exact) mass is 408 g/mol. The molecule has 1 aliphatic heterocycles. The molecule has 1 aliphatic rings. The number of nitrogens with one attached hydrogen (secondary N) is 1. The van der Waals surface area contributed by atoms with E-state index in [0.29, 0.717) is 34.7 Å². The van der Waals surface area contributed by atoms with E-state index >= 15 is 0 Å². The number of aromatic nitrogens is 5. The van der Waals surface area contributed by atoms with Crippen LogP contribution in [-0.2, 0) is 17.9 Å². The van der Waals surface area contributed by atoms with Gasteiger partial charge in [0.15, 0.2) is 0 Å². The van der Waals surface area contributed by atoms with E-state index in [9.17, 15) is 22.4 Å². The summed E-state index contributed by atoms with van der Waals surface area (Å²) in [5.74, 6) is -3.02. The van der Waals surface area contributed by atoms with Gasteiger partial charge in [0.2, 0.25) is 0 Å². The smallest absolute Gasteiger partial charge is 0.309 e. The molecule has 0 bridgehead atoms. The molecule has 5 rings (SSSR count). The predicted octanol–water partition coefficient (Wildman–Crippen LogP) is 1.94. The maximum absolute atomic E-state index is 13.9. The van der Waals surface area contributed by atoms with Crippen molar-refractivity contribution in [3.63, 3.8) is 0 Å². The molecular formula is C17H12F4N6O2. The molecule has 3 aromatic heterocycles. The predicted molar refractivity (Wildman–Crippen MR) is 91.7 cm³/mol. The maximum Gasteiger partial charge on any atom is 0.493 e. The van der Waals surface area contributed by atoms with E-state index < -0.39 is 18.0 Å². The van der Waals surface area contributed by atoms with Crippen molar-refractivity contribution < 1.29 is 27.2 Å². The Kier molecular flexibility index (Phi) is 3.68. The highest BCUT2D eigenvalue weighted by atomic mass is 19.4. The van der Waals surface area contributed by atoms with Crippen LogP contribution in [-0.4, -0.2) is 43.0 Å². The molecule has 1 N–H and O–H groups in total. The highest BCUT2D eigenvalue weighted by molar-refractivity contribution is 6.07. The Balaban J connectivity index is 1.77. The fraction of sp³-hybridized carbons (Fsp3) is 0.235. The van der Waals surface area contributed by atoms with Gasteiger partial charge in [-0.2, -0.15) is 18.3 Å². The van der Waals surface area contributed by atoms with Crippen LogP contribution in [0.2, 0.25) is 0 Å². The molecule has 12 heteroatoms. The van der Waals surface area contributed by atoms with Crippen molar-refractivity contribution in [3.05, 3.63) is 42.1 Å². The van der Waals surface area contributed by atoms with Crippen LogP contribution in [0.15, 0.2) is 30.6 Å². The zero-order chi connectivity index (χ0) is 20.3. The molecule has 0 saturated heterocycles. The minimum Gasteiger partial charge on any atom is -0.309 e. The summed E-state index contributed by atoms with van der Waals surface area (Å²) in [7, 11) is 0. The number of rotatable bonds is 2. The number of carbonyl (C=O) groups excluding carboxylic acids is 1. The highest BCUT2D eigenvalue weighted by Gasteiger charge is 2.42. The van der Waals surface area contributed by atoms with Gasteiger partial charge < -0.3 is 14.7 Å². The van der Waals surface area contributed by atoms with Gasteiger partial charge in [0.1, 0.15) is 11.3 Å². The van der Waals surface area contributed by atoms with Crippen molar-refractivity contribution in [3.8, 4) is 5.69 Å². The van der Waals surface area contributed by atoms with Crippen molar-refractivity contribution in [2.24, 2.45) is 0 Å². The number of benzene rings is 1. The second kappa shape index (κ2) is 6.04. The summed E-state index contributed by atoms with van der Waals surface area (Å²) in [6.07, 6.45) is -2.31. The lowest BCUT2D eigenvalue weighted by Gasteiger charge is -2.17. The normalized spacial score (nSPS) is 14.5. The molecule has 0 spiro atoms. The van der Waals surface area contributed by atoms with Gasteiger partial charge in [-0.25, -0.2) is 9.18 Å². The van der Waals surface area contributed by atoms with Crippen molar-refractivity contribution in [1.82, 2.24) is 29.6 Å². The van der Waals surface area contributed by atoms with E-state index in [1.165, 1.54) is 18.3 Å². The minimum atomic E-state index is -5.20. The zero-order valence-corrected chi connectivity index (χ0v) is 14.6. The van der Waals surface area contributed by atoms with E-state index in [1.54, 1.807) is 10.8 Å². The Morgan fingerprint density at radius 3 is 2.79 bits per heavy atom. The summed E-state index contributed by atoms with van der Waals surface area (Å²) < 4.78 is 55.4. The van der Waals surface area contributed by atoms with Crippen molar-refractivity contribution in [2.45, 2.75) is 19.3 Å². The number of fused-ring (bicyclic) bond motifs is 4. The molecule has 0 fully saturated rings. The van der Waals surface area contributed by atoms with Crippen LogP contribution in [0, 0.1) is 5.82 Å². The Morgan fingerprint density at radius 1 is 1.17 bits per heavy atom. The van der Waals surface area contributed by atoms with Crippen molar-refractivity contribution >= 4 is 27.9 Å². The maximum atomic E-state index is 13.9. The number of halogens is 4. The summed E-state index contributed by atoms with van der Waals surface area (Å²) in [5, 5.41) is 11.6. The first-order chi connectivity index (χ1) is 13.8. The lowest BCUT2D eigenvalue weighted by atomic mass is 10.2. The third-order valence-corrected chi connectivity index (χ3v) is 4.78. The average Bonchev–Trinajstić information content (AvgIpc) is 3.34. The van der Waals surface area contributed by atoms with Gasteiger partial charge in [0, 0.05) is 18.5 Å². The van der Waals surface area contributed by atoms with Gasteiger partial charge in [-0.15, -0.1) is 5.10 Å². The summed E-state index contributed by atoms with van der Waals surface area (Å²) in [6.45, 7) is 1.95. The quantitative estimate of drug-likeness (QED) is 0.513. The third kappa shape index (κ3) is 2.67. The number of carbonyl (C=O) groups is 1. The molecule has 0 amide bonds. The number of alkyl halides is 3. The summed E-state index contributed by atoms with van der Waals surface area (Å²) >= 11 is 0. The average molecular weight is 408 g/mol. The summed E-state index contributed by atoms with van der Waals surface area (Å²) in [5.41, 5.74) is 2.43. The van der Waals surface area contributed by atoms with Gasteiger partial charge in [-0.1, -0.05) is 4.85 Å². The first-order valence-corrected chi connectivity index (χ1v) is 8.57. The third-order valence-electron chi connectivity index (χ3n) is 4.78. The van der Waals surface area contributed by atoms with E-state index in [4.69, 9.17) is 0 Å². The molecule has 0 radical (unpaired) electrons. The Hall–Kier alpha value is -3.41. The van der Waals surface area contributed by atoms with Crippen LogP contribution < -0.4 is 10.2 Å². The molecule has 0 aliphatic carbocycles. The van der Waals surface area contributed by atoms with E-state index in [-0.39, 0.29) is 10.9 Å². The molecule has 4 aromatic rings. The first kappa shape index (κ1) is 17.7. The van der Waals surface area contributed by atoms with Crippen LogP contribution in [0.25, 0.3) is 27.6 Å². The molecule has 0 unspecified atom stereocenters. The molecule has 0 saturated carbocycles. The van der Waals surface area contributed by atoms with E-state index in [2.05, 4.69) is 20.4 Å². The van der Waals surface area contributed by atoms with E-state index in [0.717, 1.165) is 18.3 Å². The highest BCUT2D eigenvalue weighted by Crippen LogP contribution is 2.33. The Labute approximate surface area is 159 Å². The van der Waals surface area contributed by atoms with Crippen LogP contribution in [0.3, 0.4) is 0 Å². The molecule has 0 atom stereocenters. The molecule has 150 valence electrons. The Morgan fingerprint density at radius 2 is 2.00 bits per heavy atom. The van der Waals surface area contributed by atoms with Crippen LogP contribution in [0.1, 0.15) is 5.69 Å². The number of hydrogen-bond donors (Lipinski definition) is 1. The molecule has 4 heterocycles. The van der Waals surface area contributed by atoms with Gasteiger partial charge in [-0.05, 0) is 18.2 Å². The number of nitrogens with zero attached hydrogens (tertiary/aromatic N) is 5.